The Balaban J connectivity index is 1.57. The van der Waals surface area contributed by atoms with Gasteiger partial charge < -0.3 is 10.6 Å². The fraction of sp³-hybridized carbons (Fsp3) is 0.941. The van der Waals surface area contributed by atoms with Gasteiger partial charge >= 0.3 is 0 Å². The molecule has 0 aliphatic heterocycles. The van der Waals surface area contributed by atoms with Crippen LogP contribution in [-0.4, -0.2) is 29.9 Å². The van der Waals surface area contributed by atoms with Crippen LogP contribution >= 0.6 is 0 Å². The minimum atomic E-state index is 0.403. The van der Waals surface area contributed by atoms with Gasteiger partial charge in [-0.1, -0.05) is 25.7 Å². The van der Waals surface area contributed by atoms with Gasteiger partial charge in [-0.3, -0.25) is 4.79 Å². The number of amides is 1. The SMILES string of the molecule is NCCN(C(=O)CC1CC2CCC1C2)C1CCCCC1. The Morgan fingerprint density at radius 1 is 1.05 bits per heavy atom. The predicted octanol–water partition coefficient (Wildman–Crippen LogP) is 2.93. The van der Waals surface area contributed by atoms with Crippen LogP contribution in [0.3, 0.4) is 0 Å². The van der Waals surface area contributed by atoms with Gasteiger partial charge in [0.2, 0.25) is 5.91 Å². The highest BCUT2D eigenvalue weighted by atomic mass is 16.2. The van der Waals surface area contributed by atoms with E-state index < -0.39 is 0 Å². The van der Waals surface area contributed by atoms with Crippen molar-refractivity contribution >= 4 is 5.91 Å². The summed E-state index contributed by atoms with van der Waals surface area (Å²) in [6, 6.07) is 0.485. The second kappa shape index (κ2) is 6.46. The van der Waals surface area contributed by atoms with E-state index in [9.17, 15) is 4.79 Å². The van der Waals surface area contributed by atoms with Crippen molar-refractivity contribution in [3.8, 4) is 0 Å². The van der Waals surface area contributed by atoms with Crippen LogP contribution in [0.1, 0.15) is 64.2 Å². The quantitative estimate of drug-likeness (QED) is 0.840. The number of nitrogens with zero attached hydrogens (tertiary/aromatic N) is 1. The Labute approximate surface area is 123 Å². The summed E-state index contributed by atoms with van der Waals surface area (Å²) in [5, 5.41) is 0. The molecular weight excluding hydrogens is 248 g/mol. The monoisotopic (exact) mass is 278 g/mol. The van der Waals surface area contributed by atoms with Gasteiger partial charge in [0.25, 0.3) is 0 Å². The molecule has 3 nitrogen and oxygen atoms in total. The van der Waals surface area contributed by atoms with Gasteiger partial charge in [-0.25, -0.2) is 0 Å². The molecule has 3 aliphatic rings. The number of hydrogen-bond donors (Lipinski definition) is 1. The smallest absolute Gasteiger partial charge is 0.223 e. The van der Waals surface area contributed by atoms with E-state index >= 15 is 0 Å². The lowest BCUT2D eigenvalue weighted by Crippen LogP contribution is -2.44. The van der Waals surface area contributed by atoms with Crippen LogP contribution in [0.4, 0.5) is 0 Å². The summed E-state index contributed by atoms with van der Waals surface area (Å²) in [6.07, 6.45) is 12.6. The van der Waals surface area contributed by atoms with Gasteiger partial charge in [-0.2, -0.15) is 0 Å². The zero-order valence-corrected chi connectivity index (χ0v) is 12.7. The second-order valence-electron chi connectivity index (χ2n) is 7.31. The standard InChI is InChI=1S/C17H30N2O/c18-8-9-19(16-4-2-1-3-5-16)17(20)12-15-11-13-6-7-14(15)10-13/h13-16H,1-12,18H2. The largest absolute Gasteiger partial charge is 0.338 e. The summed E-state index contributed by atoms with van der Waals surface area (Å²) in [5.41, 5.74) is 5.75. The number of carbonyl (C=O) groups excluding carboxylic acids is 1. The Hall–Kier alpha value is -0.570. The van der Waals surface area contributed by atoms with E-state index in [-0.39, 0.29) is 0 Å². The fourth-order valence-electron chi connectivity index (χ4n) is 5.01. The molecule has 0 aromatic rings. The van der Waals surface area contributed by atoms with Gasteiger partial charge in [0.1, 0.15) is 0 Å². The van der Waals surface area contributed by atoms with E-state index in [1.54, 1.807) is 0 Å². The lowest BCUT2D eigenvalue weighted by molar-refractivity contribution is -0.135. The van der Waals surface area contributed by atoms with Crippen LogP contribution in [0.2, 0.25) is 0 Å². The third-order valence-corrected chi connectivity index (χ3v) is 6.03. The summed E-state index contributed by atoms with van der Waals surface area (Å²) in [7, 11) is 0. The third-order valence-electron chi connectivity index (χ3n) is 6.03. The van der Waals surface area contributed by atoms with Crippen molar-refractivity contribution in [1.82, 2.24) is 4.90 Å². The molecule has 0 aromatic carbocycles. The lowest BCUT2D eigenvalue weighted by Gasteiger charge is -2.35. The van der Waals surface area contributed by atoms with E-state index in [2.05, 4.69) is 4.90 Å². The first-order valence-electron chi connectivity index (χ1n) is 8.77. The fourth-order valence-corrected chi connectivity index (χ4v) is 5.01. The zero-order chi connectivity index (χ0) is 13.9. The van der Waals surface area contributed by atoms with Crippen molar-refractivity contribution in [2.45, 2.75) is 70.3 Å². The molecule has 3 fully saturated rings. The number of nitrogens with two attached hydrogens (primary N) is 1. The van der Waals surface area contributed by atoms with E-state index in [4.69, 9.17) is 5.73 Å². The molecule has 0 spiro atoms. The van der Waals surface area contributed by atoms with E-state index in [1.165, 1.54) is 57.8 Å². The van der Waals surface area contributed by atoms with Gasteiger partial charge in [-0.05, 0) is 49.9 Å². The molecule has 114 valence electrons. The average Bonchev–Trinajstić information content (AvgIpc) is 3.08. The molecule has 0 aromatic heterocycles. The summed E-state index contributed by atoms with van der Waals surface area (Å²) < 4.78 is 0. The van der Waals surface area contributed by atoms with Crippen LogP contribution in [-0.2, 0) is 4.79 Å². The van der Waals surface area contributed by atoms with E-state index in [0.717, 1.165) is 24.8 Å². The summed E-state index contributed by atoms with van der Waals surface area (Å²) in [6.45, 7) is 1.38. The molecule has 3 rings (SSSR count). The Morgan fingerprint density at radius 2 is 1.85 bits per heavy atom. The van der Waals surface area contributed by atoms with Crippen molar-refractivity contribution in [2.24, 2.45) is 23.5 Å². The molecule has 0 heterocycles. The van der Waals surface area contributed by atoms with Crippen molar-refractivity contribution in [3.05, 3.63) is 0 Å². The summed E-state index contributed by atoms with van der Waals surface area (Å²) in [4.78, 5) is 14.9. The first kappa shape index (κ1) is 14.4. The van der Waals surface area contributed by atoms with Crippen LogP contribution in [0.5, 0.6) is 0 Å². The zero-order valence-electron chi connectivity index (χ0n) is 12.7. The van der Waals surface area contributed by atoms with E-state index in [0.29, 0.717) is 24.4 Å². The molecule has 3 aliphatic carbocycles. The minimum absolute atomic E-state index is 0.403. The molecule has 1 amide bonds. The first-order chi connectivity index (χ1) is 9.78. The number of carbonyl (C=O) groups is 1. The van der Waals surface area contributed by atoms with Gasteiger partial charge in [0, 0.05) is 25.6 Å². The normalized spacial score (nSPS) is 33.5. The lowest BCUT2D eigenvalue weighted by atomic mass is 9.85. The molecule has 0 radical (unpaired) electrons. The Kier molecular flexibility index (Phi) is 4.65. The molecule has 3 unspecified atom stereocenters. The van der Waals surface area contributed by atoms with Crippen molar-refractivity contribution in [1.29, 1.82) is 0 Å². The molecular formula is C17H30N2O. The highest BCUT2D eigenvalue weighted by molar-refractivity contribution is 5.77. The predicted molar refractivity (Wildman–Crippen MR) is 81.2 cm³/mol. The second-order valence-corrected chi connectivity index (χ2v) is 7.31. The Morgan fingerprint density at radius 3 is 2.45 bits per heavy atom. The molecule has 2 bridgehead atoms. The molecule has 3 heteroatoms. The van der Waals surface area contributed by atoms with Crippen molar-refractivity contribution in [3.63, 3.8) is 0 Å². The average molecular weight is 278 g/mol. The molecule has 3 saturated carbocycles. The summed E-state index contributed by atoms with van der Waals surface area (Å²) in [5.74, 6) is 2.88. The highest BCUT2D eigenvalue weighted by Crippen LogP contribution is 2.49. The molecule has 3 atom stereocenters. The van der Waals surface area contributed by atoms with Crippen LogP contribution in [0, 0.1) is 17.8 Å². The minimum Gasteiger partial charge on any atom is -0.338 e. The van der Waals surface area contributed by atoms with Gasteiger partial charge in [0.15, 0.2) is 0 Å². The van der Waals surface area contributed by atoms with Gasteiger partial charge in [0.05, 0.1) is 0 Å². The van der Waals surface area contributed by atoms with Gasteiger partial charge in [-0.15, -0.1) is 0 Å². The highest BCUT2D eigenvalue weighted by Gasteiger charge is 2.41. The van der Waals surface area contributed by atoms with E-state index in [1.807, 2.05) is 0 Å². The Bertz CT molecular complexity index is 338. The molecule has 0 saturated heterocycles. The number of hydrogen-bond acceptors (Lipinski definition) is 2. The molecule has 20 heavy (non-hydrogen) atoms. The molecule has 2 N–H and O–H groups in total. The van der Waals surface area contributed by atoms with Crippen molar-refractivity contribution in [2.75, 3.05) is 13.1 Å². The third kappa shape index (κ3) is 3.03. The van der Waals surface area contributed by atoms with Crippen LogP contribution in [0.25, 0.3) is 0 Å². The van der Waals surface area contributed by atoms with Crippen molar-refractivity contribution < 1.29 is 4.79 Å². The summed E-state index contributed by atoms with van der Waals surface area (Å²) >= 11 is 0. The van der Waals surface area contributed by atoms with Crippen LogP contribution < -0.4 is 5.73 Å². The number of rotatable bonds is 5. The maximum atomic E-state index is 12.7. The van der Waals surface area contributed by atoms with Crippen LogP contribution in [0.15, 0.2) is 0 Å². The topological polar surface area (TPSA) is 46.3 Å². The first-order valence-corrected chi connectivity index (χ1v) is 8.77. The number of fused-ring (bicyclic) bond motifs is 2. The maximum absolute atomic E-state index is 12.7. The maximum Gasteiger partial charge on any atom is 0.223 e.